The van der Waals surface area contributed by atoms with Crippen molar-refractivity contribution in [1.29, 1.82) is 0 Å². The molecule has 2 aromatic rings. The van der Waals surface area contributed by atoms with E-state index < -0.39 is 10.0 Å². The average Bonchev–Trinajstić information content (AvgIpc) is 2.67. The summed E-state index contributed by atoms with van der Waals surface area (Å²) in [7, 11) is -2.07. The number of methoxy groups -OCH3 is 1. The van der Waals surface area contributed by atoms with E-state index in [9.17, 15) is 13.2 Å². The number of fused-ring (bicyclic) bond motifs is 1. The zero-order valence-corrected chi connectivity index (χ0v) is 17.1. The Morgan fingerprint density at radius 3 is 2.68 bits per heavy atom. The molecular weight excluding hydrogens is 376 g/mol. The monoisotopic (exact) mass is 402 g/mol. The van der Waals surface area contributed by atoms with Crippen LogP contribution in [0.1, 0.15) is 37.3 Å². The molecular formula is C21H26N2O4S. The van der Waals surface area contributed by atoms with Crippen LogP contribution in [0.5, 0.6) is 5.75 Å². The molecule has 1 aliphatic heterocycles. The zero-order valence-electron chi connectivity index (χ0n) is 16.3. The zero-order chi connectivity index (χ0) is 20.1. The third-order valence-corrected chi connectivity index (χ3v) is 6.06. The van der Waals surface area contributed by atoms with Crippen LogP contribution < -0.4 is 14.4 Å². The molecule has 0 bridgehead atoms. The lowest BCUT2D eigenvalue weighted by atomic mass is 10.00. The van der Waals surface area contributed by atoms with Crippen molar-refractivity contribution in [3.05, 3.63) is 53.6 Å². The molecule has 0 spiro atoms. The Balaban J connectivity index is 1.79. The van der Waals surface area contributed by atoms with Crippen LogP contribution in [-0.4, -0.2) is 28.0 Å². The molecule has 7 heteroatoms. The van der Waals surface area contributed by atoms with E-state index in [-0.39, 0.29) is 11.7 Å². The van der Waals surface area contributed by atoms with E-state index in [1.54, 1.807) is 30.3 Å². The summed E-state index contributed by atoms with van der Waals surface area (Å²) in [5.74, 6) is 0.503. The number of sulfonamides is 1. The first kappa shape index (κ1) is 20.2. The quantitative estimate of drug-likeness (QED) is 0.730. The molecule has 3 rings (SSSR count). The van der Waals surface area contributed by atoms with E-state index in [2.05, 4.69) is 11.6 Å². The van der Waals surface area contributed by atoms with Crippen molar-refractivity contribution in [3.8, 4) is 5.75 Å². The summed E-state index contributed by atoms with van der Waals surface area (Å²) >= 11 is 0. The highest BCUT2D eigenvalue weighted by molar-refractivity contribution is 7.91. The normalized spacial score (nSPS) is 13.9. The minimum absolute atomic E-state index is 0.130. The Morgan fingerprint density at radius 1 is 1.14 bits per heavy atom. The van der Waals surface area contributed by atoms with Crippen molar-refractivity contribution >= 4 is 27.3 Å². The second-order valence-electron chi connectivity index (χ2n) is 6.92. The van der Waals surface area contributed by atoms with Crippen LogP contribution >= 0.6 is 0 Å². The lowest BCUT2D eigenvalue weighted by Crippen LogP contribution is -2.35. The fourth-order valence-electron chi connectivity index (χ4n) is 3.43. The first-order valence-electron chi connectivity index (χ1n) is 9.49. The van der Waals surface area contributed by atoms with E-state index in [0.29, 0.717) is 36.4 Å². The number of hydrogen-bond donors (Lipinski definition) is 1. The highest BCUT2D eigenvalue weighted by Gasteiger charge is 2.24. The molecule has 1 amide bonds. The van der Waals surface area contributed by atoms with Crippen molar-refractivity contribution < 1.29 is 17.9 Å². The van der Waals surface area contributed by atoms with Gasteiger partial charge >= 0.3 is 0 Å². The maximum absolute atomic E-state index is 12.6. The number of rotatable bonds is 8. The van der Waals surface area contributed by atoms with Gasteiger partial charge in [0.1, 0.15) is 5.75 Å². The summed E-state index contributed by atoms with van der Waals surface area (Å²) < 4.78 is 33.2. The van der Waals surface area contributed by atoms with Crippen molar-refractivity contribution in [2.45, 2.75) is 38.4 Å². The van der Waals surface area contributed by atoms with Crippen LogP contribution in [0.2, 0.25) is 0 Å². The van der Waals surface area contributed by atoms with Gasteiger partial charge in [0.2, 0.25) is 15.9 Å². The number of amides is 1. The van der Waals surface area contributed by atoms with Crippen molar-refractivity contribution in [3.63, 3.8) is 0 Å². The topological polar surface area (TPSA) is 75.7 Å². The number of carbonyl (C=O) groups excluding carboxylic acids is 1. The minimum Gasteiger partial charge on any atom is -0.496 e. The fourth-order valence-corrected chi connectivity index (χ4v) is 4.63. The van der Waals surface area contributed by atoms with Gasteiger partial charge in [0.05, 0.1) is 12.9 Å². The van der Waals surface area contributed by atoms with E-state index in [0.717, 1.165) is 24.1 Å². The van der Waals surface area contributed by atoms with Gasteiger partial charge in [0, 0.05) is 29.9 Å². The molecule has 28 heavy (non-hydrogen) atoms. The number of unbranched alkanes of at least 4 members (excludes halogenated alkanes) is 1. The Hall–Kier alpha value is -2.54. The predicted molar refractivity (Wildman–Crippen MR) is 111 cm³/mol. The molecule has 2 aromatic carbocycles. The molecule has 0 saturated carbocycles. The van der Waals surface area contributed by atoms with Gasteiger partial charge in [-0.15, -0.1) is 0 Å². The highest BCUT2D eigenvalue weighted by atomic mass is 32.2. The van der Waals surface area contributed by atoms with Crippen LogP contribution in [0.15, 0.2) is 42.5 Å². The molecule has 0 aromatic heterocycles. The third-order valence-electron chi connectivity index (χ3n) is 4.83. The SMILES string of the molecule is CCCCN1C(=O)CCc2cc(NS(=O)(=O)Cc3ccccc3OC)ccc21. The first-order chi connectivity index (χ1) is 13.4. The van der Waals surface area contributed by atoms with E-state index in [1.165, 1.54) is 7.11 Å². The molecule has 0 aliphatic carbocycles. The molecule has 6 nitrogen and oxygen atoms in total. The van der Waals surface area contributed by atoms with E-state index in [4.69, 9.17) is 4.74 Å². The first-order valence-corrected chi connectivity index (χ1v) is 11.1. The number of ether oxygens (including phenoxy) is 1. The second kappa shape index (κ2) is 8.65. The summed E-state index contributed by atoms with van der Waals surface area (Å²) in [6.07, 6.45) is 3.03. The predicted octanol–water partition coefficient (Wildman–Crippen LogP) is 3.72. The summed E-state index contributed by atoms with van der Waals surface area (Å²) in [5, 5.41) is 0. The molecule has 1 aliphatic rings. The Kier molecular flexibility index (Phi) is 6.24. The minimum atomic E-state index is -3.60. The number of nitrogens with one attached hydrogen (secondary N) is 1. The highest BCUT2D eigenvalue weighted by Crippen LogP contribution is 2.31. The Bertz CT molecular complexity index is 957. The molecule has 1 N–H and O–H groups in total. The molecule has 150 valence electrons. The van der Waals surface area contributed by atoms with Crippen LogP contribution in [0.4, 0.5) is 11.4 Å². The van der Waals surface area contributed by atoms with Gasteiger partial charge in [0.25, 0.3) is 0 Å². The number of hydrogen-bond acceptors (Lipinski definition) is 4. The fraction of sp³-hybridized carbons (Fsp3) is 0.381. The summed E-state index contributed by atoms with van der Waals surface area (Å²) in [4.78, 5) is 14.1. The standard InChI is InChI=1S/C21H26N2O4S/c1-3-4-13-23-19-11-10-18(14-16(19)9-12-21(23)24)22-28(25,26)15-17-7-5-6-8-20(17)27-2/h5-8,10-11,14,22H,3-4,9,12-13,15H2,1-2H3. The molecule has 0 saturated heterocycles. The van der Waals surface area contributed by atoms with Crippen LogP contribution in [-0.2, 0) is 27.0 Å². The average molecular weight is 403 g/mol. The third kappa shape index (κ3) is 4.65. The van der Waals surface area contributed by atoms with Gasteiger partial charge in [-0.1, -0.05) is 31.5 Å². The molecule has 0 radical (unpaired) electrons. The van der Waals surface area contributed by atoms with Gasteiger partial charge in [-0.25, -0.2) is 8.42 Å². The van der Waals surface area contributed by atoms with E-state index in [1.807, 2.05) is 17.0 Å². The van der Waals surface area contributed by atoms with E-state index >= 15 is 0 Å². The van der Waals surface area contributed by atoms with Crippen LogP contribution in [0.3, 0.4) is 0 Å². The lowest BCUT2D eigenvalue weighted by Gasteiger charge is -2.30. The maximum Gasteiger partial charge on any atom is 0.237 e. The summed E-state index contributed by atoms with van der Waals surface area (Å²) in [6.45, 7) is 2.79. The second-order valence-corrected chi connectivity index (χ2v) is 8.64. The molecule has 0 unspecified atom stereocenters. The van der Waals surface area contributed by atoms with Crippen molar-refractivity contribution in [2.24, 2.45) is 0 Å². The van der Waals surface area contributed by atoms with Crippen molar-refractivity contribution in [2.75, 3.05) is 23.3 Å². The van der Waals surface area contributed by atoms with Gasteiger partial charge in [-0.2, -0.15) is 0 Å². The molecule has 0 fully saturated rings. The molecule has 0 atom stereocenters. The number of aryl methyl sites for hydroxylation is 1. The largest absolute Gasteiger partial charge is 0.496 e. The Labute approximate surface area is 166 Å². The number of benzene rings is 2. The lowest BCUT2D eigenvalue weighted by molar-refractivity contribution is -0.118. The van der Waals surface area contributed by atoms with Crippen molar-refractivity contribution in [1.82, 2.24) is 0 Å². The van der Waals surface area contributed by atoms with Crippen LogP contribution in [0, 0.1) is 0 Å². The molecule has 1 heterocycles. The van der Waals surface area contributed by atoms with Gasteiger partial charge in [-0.05, 0) is 42.7 Å². The Morgan fingerprint density at radius 2 is 1.93 bits per heavy atom. The number of carbonyl (C=O) groups is 1. The number of para-hydroxylation sites is 1. The summed E-state index contributed by atoms with van der Waals surface area (Å²) in [6, 6.07) is 12.5. The van der Waals surface area contributed by atoms with Crippen LogP contribution in [0.25, 0.3) is 0 Å². The van der Waals surface area contributed by atoms with Gasteiger partial charge in [0.15, 0.2) is 0 Å². The maximum atomic E-state index is 12.6. The number of nitrogens with zero attached hydrogens (tertiary/aromatic N) is 1. The smallest absolute Gasteiger partial charge is 0.237 e. The summed E-state index contributed by atoms with van der Waals surface area (Å²) in [5.41, 5.74) is 3.00. The number of anilines is 2. The van der Waals surface area contributed by atoms with Gasteiger partial charge < -0.3 is 9.64 Å². The van der Waals surface area contributed by atoms with Gasteiger partial charge in [-0.3, -0.25) is 9.52 Å².